The lowest BCUT2D eigenvalue weighted by atomic mass is 9.78. The van der Waals surface area contributed by atoms with Crippen molar-refractivity contribution in [3.05, 3.63) is 10.6 Å². The molecule has 1 aliphatic carbocycles. The van der Waals surface area contributed by atoms with Gasteiger partial charge in [-0.25, -0.2) is 4.98 Å². The van der Waals surface area contributed by atoms with Gasteiger partial charge in [-0.1, -0.05) is 25.2 Å². The van der Waals surface area contributed by atoms with E-state index in [2.05, 4.69) is 32.7 Å². The summed E-state index contributed by atoms with van der Waals surface area (Å²) in [6.07, 6.45) is 2.79. The molecule has 1 aromatic rings. The first kappa shape index (κ1) is 14.0. The van der Waals surface area contributed by atoms with Gasteiger partial charge in [-0.15, -0.1) is 0 Å². The molecule has 0 amide bonds. The number of Topliss-reactive ketones (excluding diaryl/α,β-unsaturated/α-hetero) is 1. The maximum Gasteiger partial charge on any atom is 0.186 e. The van der Waals surface area contributed by atoms with Crippen LogP contribution in [0.5, 0.6) is 0 Å². The second-order valence-corrected chi connectivity index (χ2v) is 7.73. The van der Waals surface area contributed by atoms with Crippen molar-refractivity contribution in [3.63, 3.8) is 0 Å². The van der Waals surface area contributed by atoms with Gasteiger partial charge in [0.15, 0.2) is 10.9 Å². The normalized spacial score (nSPS) is 28.5. The fourth-order valence-electron chi connectivity index (χ4n) is 3.23. The van der Waals surface area contributed by atoms with Crippen molar-refractivity contribution in [1.29, 1.82) is 0 Å². The summed E-state index contributed by atoms with van der Waals surface area (Å²) in [6.45, 7) is 7.20. The van der Waals surface area contributed by atoms with Crippen LogP contribution in [0, 0.1) is 5.41 Å². The van der Waals surface area contributed by atoms with Crippen LogP contribution in [0.15, 0.2) is 0 Å². The zero-order valence-electron chi connectivity index (χ0n) is 12.6. The highest BCUT2D eigenvalue weighted by atomic mass is 32.1. The Hall–Kier alpha value is -0.940. The third kappa shape index (κ3) is 2.37. The number of aromatic nitrogens is 1. The maximum atomic E-state index is 12.2. The van der Waals surface area contributed by atoms with Crippen molar-refractivity contribution in [1.82, 2.24) is 4.98 Å². The van der Waals surface area contributed by atoms with E-state index in [1.807, 2.05) is 0 Å². The first-order valence-corrected chi connectivity index (χ1v) is 8.06. The molecule has 1 aliphatic heterocycles. The van der Waals surface area contributed by atoms with Gasteiger partial charge in [0.25, 0.3) is 0 Å². The topological polar surface area (TPSA) is 42.4 Å². The molecule has 110 valence electrons. The van der Waals surface area contributed by atoms with E-state index in [1.54, 1.807) is 11.3 Å². The quantitative estimate of drug-likeness (QED) is 0.841. The third-order valence-corrected chi connectivity index (χ3v) is 5.59. The molecule has 0 N–H and O–H groups in total. The fourth-order valence-corrected chi connectivity index (χ4v) is 4.27. The lowest BCUT2D eigenvalue weighted by molar-refractivity contribution is 0.0916. The largest absolute Gasteiger partial charge is 0.376 e. The maximum absolute atomic E-state index is 12.2. The summed E-state index contributed by atoms with van der Waals surface area (Å²) >= 11 is 1.55. The molecule has 0 saturated carbocycles. The molecule has 2 heterocycles. The number of likely N-dealkylation sites (N-methyl/N-ethyl adjacent to an activating group) is 1. The molecule has 5 heteroatoms. The summed E-state index contributed by atoms with van der Waals surface area (Å²) in [5, 5.41) is 0.961. The van der Waals surface area contributed by atoms with E-state index in [0.717, 1.165) is 35.2 Å². The fraction of sp³-hybridized carbons (Fsp3) is 0.733. The van der Waals surface area contributed by atoms with E-state index in [0.29, 0.717) is 12.5 Å². The Kier molecular flexibility index (Phi) is 3.37. The first-order valence-electron chi connectivity index (χ1n) is 7.25. The minimum atomic E-state index is 0.0394. The van der Waals surface area contributed by atoms with Gasteiger partial charge in [-0.3, -0.25) is 4.79 Å². The average molecular weight is 294 g/mol. The van der Waals surface area contributed by atoms with Crippen LogP contribution < -0.4 is 4.90 Å². The number of fused-ring (bicyclic) bond motifs is 1. The molecule has 20 heavy (non-hydrogen) atoms. The van der Waals surface area contributed by atoms with E-state index in [-0.39, 0.29) is 17.3 Å². The lowest BCUT2D eigenvalue weighted by Crippen LogP contribution is -2.36. The summed E-state index contributed by atoms with van der Waals surface area (Å²) < 4.78 is 5.63. The molecule has 1 saturated heterocycles. The van der Waals surface area contributed by atoms with Crippen molar-refractivity contribution in [2.24, 2.45) is 5.41 Å². The highest BCUT2D eigenvalue weighted by Gasteiger charge is 2.36. The second-order valence-electron chi connectivity index (χ2n) is 6.76. The SMILES string of the molecule is CC1OCCC1N(C)c1nc2c(s1)C(=O)CC(C)(C)C2. The minimum Gasteiger partial charge on any atom is -0.376 e. The van der Waals surface area contributed by atoms with Crippen LogP contribution in [0.2, 0.25) is 0 Å². The zero-order chi connectivity index (χ0) is 14.5. The predicted molar refractivity (Wildman–Crippen MR) is 80.8 cm³/mol. The van der Waals surface area contributed by atoms with Gasteiger partial charge in [0, 0.05) is 20.1 Å². The van der Waals surface area contributed by atoms with E-state index >= 15 is 0 Å². The van der Waals surface area contributed by atoms with Crippen LogP contribution in [-0.4, -0.2) is 36.6 Å². The number of carbonyl (C=O) groups is 1. The molecule has 4 nitrogen and oxygen atoms in total. The van der Waals surface area contributed by atoms with Gasteiger partial charge >= 0.3 is 0 Å². The summed E-state index contributed by atoms with van der Waals surface area (Å²) in [5.74, 6) is 0.254. The van der Waals surface area contributed by atoms with Crippen molar-refractivity contribution in [3.8, 4) is 0 Å². The number of nitrogens with zero attached hydrogens (tertiary/aromatic N) is 2. The first-order chi connectivity index (χ1) is 9.37. The van der Waals surface area contributed by atoms with Gasteiger partial charge in [0.2, 0.25) is 0 Å². The lowest BCUT2D eigenvalue weighted by Gasteiger charge is -2.27. The third-order valence-electron chi connectivity index (χ3n) is 4.36. The number of anilines is 1. The number of ether oxygens (including phenoxy) is 1. The van der Waals surface area contributed by atoms with E-state index in [4.69, 9.17) is 9.72 Å². The molecule has 2 atom stereocenters. The van der Waals surface area contributed by atoms with Gasteiger partial charge < -0.3 is 9.64 Å². The number of carbonyl (C=O) groups excluding carboxylic acids is 1. The van der Waals surface area contributed by atoms with E-state index in [1.165, 1.54) is 0 Å². The Balaban J connectivity index is 1.88. The smallest absolute Gasteiger partial charge is 0.186 e. The molecule has 3 rings (SSSR count). The second kappa shape index (κ2) is 4.81. The Morgan fingerprint density at radius 1 is 1.40 bits per heavy atom. The Morgan fingerprint density at radius 3 is 2.80 bits per heavy atom. The van der Waals surface area contributed by atoms with Gasteiger partial charge in [-0.05, 0) is 25.2 Å². The van der Waals surface area contributed by atoms with E-state index in [9.17, 15) is 4.79 Å². The Bertz CT molecular complexity index is 538. The van der Waals surface area contributed by atoms with Crippen LogP contribution in [0.1, 0.15) is 49.0 Å². The molecular formula is C15H22N2O2S. The minimum absolute atomic E-state index is 0.0394. The predicted octanol–water partition coefficient (Wildman–Crippen LogP) is 2.91. The van der Waals surface area contributed by atoms with Crippen LogP contribution in [0.25, 0.3) is 0 Å². The molecule has 2 aliphatic rings. The van der Waals surface area contributed by atoms with Crippen molar-refractivity contribution < 1.29 is 9.53 Å². The summed E-state index contributed by atoms with van der Waals surface area (Å²) in [5.41, 5.74) is 1.03. The van der Waals surface area contributed by atoms with Crippen molar-refractivity contribution in [2.45, 2.75) is 52.2 Å². The molecule has 0 spiro atoms. The summed E-state index contributed by atoms with van der Waals surface area (Å²) in [6, 6.07) is 0.366. The summed E-state index contributed by atoms with van der Waals surface area (Å²) in [4.78, 5) is 20.1. The van der Waals surface area contributed by atoms with Crippen molar-refractivity contribution >= 4 is 22.3 Å². The van der Waals surface area contributed by atoms with Crippen LogP contribution in [0.3, 0.4) is 0 Å². The molecule has 0 bridgehead atoms. The average Bonchev–Trinajstić information content (AvgIpc) is 2.93. The molecule has 0 aromatic carbocycles. The molecule has 0 radical (unpaired) electrons. The number of rotatable bonds is 2. The highest BCUT2D eigenvalue weighted by Crippen LogP contribution is 2.39. The standard InChI is InChI=1S/C15H22N2O2S/c1-9-11(5-6-19-9)17(4)14-16-10-7-15(2,3)8-12(18)13(10)20-14/h9,11H,5-8H2,1-4H3. The molecule has 1 fully saturated rings. The number of hydrogen-bond acceptors (Lipinski definition) is 5. The Morgan fingerprint density at radius 2 is 2.15 bits per heavy atom. The van der Waals surface area contributed by atoms with E-state index < -0.39 is 0 Å². The Labute approximate surface area is 124 Å². The van der Waals surface area contributed by atoms with Crippen molar-refractivity contribution in [2.75, 3.05) is 18.6 Å². The van der Waals surface area contributed by atoms with Gasteiger partial charge in [0.1, 0.15) is 0 Å². The number of thiazole rings is 1. The number of ketones is 1. The number of hydrogen-bond donors (Lipinski definition) is 0. The monoisotopic (exact) mass is 294 g/mol. The zero-order valence-corrected chi connectivity index (χ0v) is 13.4. The van der Waals surface area contributed by atoms with Crippen LogP contribution in [-0.2, 0) is 11.2 Å². The molecular weight excluding hydrogens is 272 g/mol. The van der Waals surface area contributed by atoms with Gasteiger partial charge in [-0.2, -0.15) is 0 Å². The van der Waals surface area contributed by atoms with Crippen LogP contribution in [0.4, 0.5) is 5.13 Å². The van der Waals surface area contributed by atoms with Gasteiger partial charge in [0.05, 0.1) is 22.7 Å². The van der Waals surface area contributed by atoms with Crippen LogP contribution >= 0.6 is 11.3 Å². The summed E-state index contributed by atoms with van der Waals surface area (Å²) in [7, 11) is 2.07. The molecule has 2 unspecified atom stereocenters. The highest BCUT2D eigenvalue weighted by molar-refractivity contribution is 7.17. The molecule has 1 aromatic heterocycles.